The second-order valence-electron chi connectivity index (χ2n) is 4.40. The molecule has 0 radical (unpaired) electrons. The van der Waals surface area contributed by atoms with Gasteiger partial charge in [0.05, 0.1) is 5.69 Å². The van der Waals surface area contributed by atoms with Crippen molar-refractivity contribution in [3.63, 3.8) is 0 Å². The van der Waals surface area contributed by atoms with E-state index in [1.807, 2.05) is 0 Å². The molecule has 0 fully saturated rings. The smallest absolute Gasteiger partial charge is 0.0539 e. The normalized spacial score (nSPS) is 11.5. The Hall–Kier alpha value is -2.28. The number of rotatable bonds is 0. The van der Waals surface area contributed by atoms with Crippen LogP contribution in [0.3, 0.4) is 0 Å². The molecule has 1 N–H and O–H groups in total. The Labute approximate surface area is 99.0 Å². The lowest BCUT2D eigenvalue weighted by Gasteiger charge is -2.05. The molecule has 0 saturated heterocycles. The van der Waals surface area contributed by atoms with Crippen LogP contribution in [0.2, 0.25) is 0 Å². The van der Waals surface area contributed by atoms with Gasteiger partial charge >= 0.3 is 0 Å². The lowest BCUT2D eigenvalue weighted by atomic mass is 10.1. The maximum Gasteiger partial charge on any atom is 0.0539 e. The lowest BCUT2D eigenvalue weighted by Crippen LogP contribution is -1.83. The molecule has 0 aromatic heterocycles. The number of aromatic amines is 1. The fourth-order valence-corrected chi connectivity index (χ4v) is 2.61. The van der Waals surface area contributed by atoms with Crippen LogP contribution in [0.5, 0.6) is 0 Å². The van der Waals surface area contributed by atoms with E-state index in [4.69, 9.17) is 0 Å². The predicted molar refractivity (Wildman–Crippen MR) is 72.4 cm³/mol. The molecule has 0 saturated carbocycles. The second-order valence-corrected chi connectivity index (χ2v) is 4.40. The summed E-state index contributed by atoms with van der Waals surface area (Å²) in [6, 6.07) is 19.3. The van der Waals surface area contributed by atoms with Crippen LogP contribution in [0, 0.1) is 0 Å². The Kier molecular flexibility index (Phi) is 1.61. The Morgan fingerprint density at radius 3 is 2.29 bits per heavy atom. The molecule has 2 aromatic carbocycles. The van der Waals surface area contributed by atoms with Crippen LogP contribution in [0.25, 0.3) is 32.8 Å². The second kappa shape index (κ2) is 3.11. The molecule has 0 unspecified atom stereocenters. The third-order valence-electron chi connectivity index (χ3n) is 3.42. The largest absolute Gasteiger partial charge is 0.360 e. The van der Waals surface area contributed by atoms with E-state index in [2.05, 4.69) is 65.8 Å². The van der Waals surface area contributed by atoms with Crippen molar-refractivity contribution >= 4 is 21.5 Å². The minimum atomic E-state index is 1.24. The van der Waals surface area contributed by atoms with Gasteiger partial charge in [-0.1, -0.05) is 48.5 Å². The molecule has 1 heteroatoms. The molecule has 80 valence electrons. The number of hydrogen-bond donors (Lipinski definition) is 1. The molecule has 0 amide bonds. The van der Waals surface area contributed by atoms with Gasteiger partial charge in [0.25, 0.3) is 0 Å². The first-order valence-corrected chi connectivity index (χ1v) is 5.81. The van der Waals surface area contributed by atoms with E-state index < -0.39 is 0 Å². The maximum absolute atomic E-state index is 3.42. The molecule has 1 aliphatic carbocycles. The summed E-state index contributed by atoms with van der Waals surface area (Å²) in [5, 5.41) is 5.18. The summed E-state index contributed by atoms with van der Waals surface area (Å²) in [4.78, 5) is 3.42. The van der Waals surface area contributed by atoms with Crippen molar-refractivity contribution < 1.29 is 0 Å². The van der Waals surface area contributed by atoms with Crippen molar-refractivity contribution in [2.45, 2.75) is 0 Å². The van der Waals surface area contributed by atoms with E-state index in [1.54, 1.807) is 0 Å². The molecule has 2 aromatic rings. The average Bonchev–Trinajstić information content (AvgIpc) is 2.78. The van der Waals surface area contributed by atoms with Gasteiger partial charge in [-0.3, -0.25) is 0 Å². The van der Waals surface area contributed by atoms with Gasteiger partial charge in [-0.2, -0.15) is 0 Å². The summed E-state index contributed by atoms with van der Waals surface area (Å²) in [6.07, 6.45) is 2.09. The van der Waals surface area contributed by atoms with Gasteiger partial charge < -0.3 is 4.98 Å². The quantitative estimate of drug-likeness (QED) is 0.448. The van der Waals surface area contributed by atoms with E-state index in [1.165, 1.54) is 32.8 Å². The molecule has 0 spiro atoms. The zero-order valence-corrected chi connectivity index (χ0v) is 9.27. The molecule has 0 bridgehead atoms. The van der Waals surface area contributed by atoms with Crippen molar-refractivity contribution in [1.29, 1.82) is 0 Å². The van der Waals surface area contributed by atoms with Crippen molar-refractivity contribution in [3.8, 4) is 11.3 Å². The third-order valence-corrected chi connectivity index (χ3v) is 3.42. The lowest BCUT2D eigenvalue weighted by molar-refractivity contribution is 1.39. The zero-order valence-electron chi connectivity index (χ0n) is 9.27. The molecule has 1 nitrogen and oxygen atoms in total. The Morgan fingerprint density at radius 2 is 1.41 bits per heavy atom. The topological polar surface area (TPSA) is 15.8 Å². The van der Waals surface area contributed by atoms with Crippen LogP contribution in [-0.4, -0.2) is 4.98 Å². The summed E-state index contributed by atoms with van der Waals surface area (Å²) >= 11 is 0. The molecule has 0 atom stereocenters. The highest BCUT2D eigenvalue weighted by molar-refractivity contribution is 6.09. The van der Waals surface area contributed by atoms with E-state index in [9.17, 15) is 0 Å². The number of H-pyrrole nitrogens is 1. The fourth-order valence-electron chi connectivity index (χ4n) is 2.61. The minimum Gasteiger partial charge on any atom is -0.360 e. The predicted octanol–water partition coefficient (Wildman–Crippen LogP) is 4.43. The SMILES string of the molecule is c1ccc2c3cc4ccccc4c-3[nH]cc2c1. The van der Waals surface area contributed by atoms with Crippen LogP contribution >= 0.6 is 0 Å². The highest BCUT2D eigenvalue weighted by atomic mass is 14.7. The molecule has 1 aliphatic heterocycles. The molecule has 4 rings (SSSR count). The van der Waals surface area contributed by atoms with Gasteiger partial charge in [-0.15, -0.1) is 0 Å². The molecule has 2 aliphatic rings. The Bertz CT molecular complexity index is 795. The summed E-state index contributed by atoms with van der Waals surface area (Å²) in [6.45, 7) is 0. The molecule has 17 heavy (non-hydrogen) atoms. The van der Waals surface area contributed by atoms with Crippen LogP contribution in [0.1, 0.15) is 0 Å². The molecular formula is C16H11N. The molecule has 1 heterocycles. The number of pyridine rings is 1. The van der Waals surface area contributed by atoms with Crippen molar-refractivity contribution in [2.24, 2.45) is 0 Å². The van der Waals surface area contributed by atoms with Gasteiger partial charge in [0, 0.05) is 17.1 Å². The van der Waals surface area contributed by atoms with Crippen LogP contribution in [-0.2, 0) is 0 Å². The van der Waals surface area contributed by atoms with Crippen molar-refractivity contribution in [1.82, 2.24) is 4.98 Å². The van der Waals surface area contributed by atoms with E-state index in [0.29, 0.717) is 0 Å². The van der Waals surface area contributed by atoms with Gasteiger partial charge in [0.15, 0.2) is 0 Å². The highest BCUT2D eigenvalue weighted by Crippen LogP contribution is 2.36. The monoisotopic (exact) mass is 217 g/mol. The molecular weight excluding hydrogens is 206 g/mol. The number of aromatic nitrogens is 1. The first-order valence-electron chi connectivity index (χ1n) is 5.81. The number of hydrogen-bond acceptors (Lipinski definition) is 0. The van der Waals surface area contributed by atoms with Crippen LogP contribution in [0.15, 0.2) is 60.8 Å². The highest BCUT2D eigenvalue weighted by Gasteiger charge is 2.12. The summed E-state index contributed by atoms with van der Waals surface area (Å²) in [5.74, 6) is 0. The summed E-state index contributed by atoms with van der Waals surface area (Å²) in [5.41, 5.74) is 2.55. The average molecular weight is 217 g/mol. The Balaban J connectivity index is 2.28. The fraction of sp³-hybridized carbons (Fsp3) is 0. The van der Waals surface area contributed by atoms with Crippen LogP contribution in [0.4, 0.5) is 0 Å². The summed E-state index contributed by atoms with van der Waals surface area (Å²) in [7, 11) is 0. The minimum absolute atomic E-state index is 1.24. The van der Waals surface area contributed by atoms with E-state index in [-0.39, 0.29) is 0 Å². The number of fused-ring (bicyclic) bond motifs is 5. The van der Waals surface area contributed by atoms with E-state index >= 15 is 0 Å². The van der Waals surface area contributed by atoms with Gasteiger partial charge in [0.2, 0.25) is 0 Å². The first-order chi connectivity index (χ1) is 8.43. The Morgan fingerprint density at radius 1 is 0.706 bits per heavy atom. The van der Waals surface area contributed by atoms with Gasteiger partial charge in [-0.25, -0.2) is 0 Å². The number of nitrogens with one attached hydrogen (secondary N) is 1. The van der Waals surface area contributed by atoms with E-state index in [0.717, 1.165) is 0 Å². The van der Waals surface area contributed by atoms with Crippen molar-refractivity contribution in [2.75, 3.05) is 0 Å². The standard InChI is InChI=1S/C16H11N/c1-4-8-14-11(5-1)9-15-13-7-3-2-6-12(13)10-17-16(14)15/h1-10,17H. The number of benzene rings is 2. The van der Waals surface area contributed by atoms with Crippen LogP contribution < -0.4 is 0 Å². The maximum atomic E-state index is 3.42. The third kappa shape index (κ3) is 1.14. The van der Waals surface area contributed by atoms with Gasteiger partial charge in [-0.05, 0) is 22.2 Å². The first kappa shape index (κ1) is 8.82. The summed E-state index contributed by atoms with van der Waals surface area (Å²) < 4.78 is 0. The zero-order chi connectivity index (χ0) is 11.2. The van der Waals surface area contributed by atoms with Gasteiger partial charge in [0.1, 0.15) is 0 Å². The van der Waals surface area contributed by atoms with Crippen molar-refractivity contribution in [3.05, 3.63) is 60.8 Å².